The Morgan fingerprint density at radius 1 is 1.20 bits per heavy atom. The van der Waals surface area contributed by atoms with Gasteiger partial charge in [-0.25, -0.2) is 0 Å². The van der Waals surface area contributed by atoms with Gasteiger partial charge in [-0.05, 0) is 36.5 Å². The molecule has 1 unspecified atom stereocenters. The number of halogens is 3. The minimum absolute atomic E-state index is 0.261. The predicted molar refractivity (Wildman–Crippen MR) is 69.2 cm³/mol. The maximum atomic E-state index is 5.80. The topological polar surface area (TPSA) is 0 Å². The van der Waals surface area contributed by atoms with E-state index in [-0.39, 0.29) is 5.92 Å². The molecule has 0 aliphatic heterocycles. The van der Waals surface area contributed by atoms with Gasteiger partial charge in [0.05, 0.1) is 0 Å². The molecule has 1 aromatic rings. The van der Waals surface area contributed by atoms with Crippen molar-refractivity contribution >= 4 is 34.8 Å². The molecule has 0 N–H and O–H groups in total. The summed E-state index contributed by atoms with van der Waals surface area (Å²) >= 11 is 17.4. The average molecular weight is 266 g/mol. The van der Waals surface area contributed by atoms with Crippen molar-refractivity contribution in [1.29, 1.82) is 0 Å². The van der Waals surface area contributed by atoms with Crippen molar-refractivity contribution in [3.63, 3.8) is 0 Å². The van der Waals surface area contributed by atoms with Gasteiger partial charge in [-0.2, -0.15) is 0 Å². The molecule has 1 atom stereocenters. The normalized spacial score (nSPS) is 14.0. The van der Waals surface area contributed by atoms with E-state index in [0.29, 0.717) is 6.42 Å². The van der Waals surface area contributed by atoms with Gasteiger partial charge in [-0.15, -0.1) is 0 Å². The van der Waals surface area contributed by atoms with Gasteiger partial charge in [0.2, 0.25) is 0 Å². The summed E-state index contributed by atoms with van der Waals surface area (Å²) in [6.45, 7) is 6.30. The molecule has 84 valence electrons. The zero-order chi connectivity index (χ0) is 11.6. The SMILES string of the molecule is Cc1cccc(C(C)CC(Cl)(Cl)Cl)c1C. The number of hydrogen-bond acceptors (Lipinski definition) is 0. The van der Waals surface area contributed by atoms with Crippen LogP contribution >= 0.6 is 34.8 Å². The minimum Gasteiger partial charge on any atom is -0.0837 e. The third kappa shape index (κ3) is 3.86. The summed E-state index contributed by atoms with van der Waals surface area (Å²) < 4.78 is -1.17. The average Bonchev–Trinajstić information content (AvgIpc) is 2.06. The Bertz CT molecular complexity index is 339. The summed E-state index contributed by atoms with van der Waals surface area (Å²) in [5.74, 6) is 0.261. The van der Waals surface area contributed by atoms with Crippen molar-refractivity contribution in [2.45, 2.75) is 36.9 Å². The summed E-state index contributed by atoms with van der Waals surface area (Å²) in [5.41, 5.74) is 3.84. The van der Waals surface area contributed by atoms with Gasteiger partial charge < -0.3 is 0 Å². The second kappa shape index (κ2) is 4.95. The van der Waals surface area contributed by atoms with Crippen LogP contribution in [0.2, 0.25) is 0 Å². The fraction of sp³-hybridized carbons (Fsp3) is 0.500. The van der Waals surface area contributed by atoms with Gasteiger partial charge in [0.15, 0.2) is 3.79 Å². The predicted octanol–water partition coefficient (Wildman–Crippen LogP) is 5.17. The maximum absolute atomic E-state index is 5.80. The van der Waals surface area contributed by atoms with Crippen LogP contribution in [-0.4, -0.2) is 3.79 Å². The lowest BCUT2D eigenvalue weighted by Crippen LogP contribution is -2.09. The Balaban J connectivity index is 2.92. The molecule has 0 aromatic heterocycles. The van der Waals surface area contributed by atoms with Crippen LogP contribution in [0.25, 0.3) is 0 Å². The van der Waals surface area contributed by atoms with Crippen molar-refractivity contribution in [2.75, 3.05) is 0 Å². The molecule has 0 amide bonds. The van der Waals surface area contributed by atoms with Crippen LogP contribution in [0.3, 0.4) is 0 Å². The first-order chi connectivity index (χ1) is 6.81. The second-order valence-corrected chi connectivity index (χ2v) is 6.53. The van der Waals surface area contributed by atoms with Crippen molar-refractivity contribution in [3.8, 4) is 0 Å². The third-order valence-electron chi connectivity index (χ3n) is 2.72. The number of hydrogen-bond donors (Lipinski definition) is 0. The second-order valence-electron chi connectivity index (χ2n) is 4.01. The summed E-state index contributed by atoms with van der Waals surface area (Å²) in [6.07, 6.45) is 0.544. The molecule has 0 heterocycles. The Kier molecular flexibility index (Phi) is 4.34. The molecular weight excluding hydrogens is 250 g/mol. The molecule has 0 aliphatic rings. The molecule has 0 spiro atoms. The van der Waals surface area contributed by atoms with Crippen molar-refractivity contribution in [2.24, 2.45) is 0 Å². The molecule has 0 nitrogen and oxygen atoms in total. The fourth-order valence-electron chi connectivity index (χ4n) is 1.76. The molecule has 15 heavy (non-hydrogen) atoms. The lowest BCUT2D eigenvalue weighted by molar-refractivity contribution is 0.689. The molecule has 1 aromatic carbocycles. The summed E-state index contributed by atoms with van der Waals surface area (Å²) in [7, 11) is 0. The zero-order valence-electron chi connectivity index (χ0n) is 9.15. The van der Waals surface area contributed by atoms with Gasteiger partial charge in [0.25, 0.3) is 0 Å². The highest BCUT2D eigenvalue weighted by molar-refractivity contribution is 6.67. The lowest BCUT2D eigenvalue weighted by atomic mass is 9.92. The minimum atomic E-state index is -1.17. The van der Waals surface area contributed by atoms with E-state index in [1.165, 1.54) is 16.7 Å². The van der Waals surface area contributed by atoms with Gasteiger partial charge in [-0.3, -0.25) is 0 Å². The molecule has 1 rings (SSSR count). The first-order valence-corrected chi connectivity index (χ1v) is 6.07. The monoisotopic (exact) mass is 264 g/mol. The van der Waals surface area contributed by atoms with Gasteiger partial charge in [0.1, 0.15) is 0 Å². The van der Waals surface area contributed by atoms with E-state index in [4.69, 9.17) is 34.8 Å². The van der Waals surface area contributed by atoms with Crippen molar-refractivity contribution < 1.29 is 0 Å². The lowest BCUT2D eigenvalue weighted by Gasteiger charge is -2.20. The smallest absolute Gasteiger partial charge is 0.0837 e. The molecule has 0 saturated heterocycles. The highest BCUT2D eigenvalue weighted by Gasteiger charge is 2.24. The summed E-state index contributed by atoms with van der Waals surface area (Å²) in [6, 6.07) is 6.25. The van der Waals surface area contributed by atoms with Crippen LogP contribution in [0.15, 0.2) is 18.2 Å². The van der Waals surface area contributed by atoms with Crippen LogP contribution in [0, 0.1) is 13.8 Å². The van der Waals surface area contributed by atoms with E-state index in [1.807, 2.05) is 6.07 Å². The van der Waals surface area contributed by atoms with Crippen molar-refractivity contribution in [1.82, 2.24) is 0 Å². The van der Waals surface area contributed by atoms with Gasteiger partial charge >= 0.3 is 0 Å². The van der Waals surface area contributed by atoms with Crippen molar-refractivity contribution in [3.05, 3.63) is 34.9 Å². The first-order valence-electron chi connectivity index (χ1n) is 4.94. The van der Waals surface area contributed by atoms with Crippen LogP contribution < -0.4 is 0 Å². The largest absolute Gasteiger partial charge is 0.191 e. The third-order valence-corrected chi connectivity index (χ3v) is 3.18. The molecule has 0 fully saturated rings. The Hall–Kier alpha value is 0.0900. The number of benzene rings is 1. The molecule has 0 radical (unpaired) electrons. The first kappa shape index (κ1) is 13.2. The highest BCUT2D eigenvalue weighted by atomic mass is 35.6. The Morgan fingerprint density at radius 2 is 1.80 bits per heavy atom. The van der Waals surface area contributed by atoms with Crippen LogP contribution in [0.1, 0.15) is 36.0 Å². The van der Waals surface area contributed by atoms with Crippen LogP contribution in [0.5, 0.6) is 0 Å². The zero-order valence-corrected chi connectivity index (χ0v) is 11.4. The fourth-order valence-corrected chi connectivity index (χ4v) is 2.46. The molecule has 0 bridgehead atoms. The van der Waals surface area contributed by atoms with Crippen LogP contribution in [0.4, 0.5) is 0 Å². The van der Waals surface area contributed by atoms with Crippen LogP contribution in [-0.2, 0) is 0 Å². The molecule has 3 heteroatoms. The maximum Gasteiger partial charge on any atom is 0.191 e. The standard InChI is InChI=1S/C12H15Cl3/c1-8-5-4-6-11(10(8)3)9(2)7-12(13,14)15/h4-6,9H,7H2,1-3H3. The Morgan fingerprint density at radius 3 is 2.33 bits per heavy atom. The molecular formula is C12H15Cl3. The number of alkyl halides is 3. The molecule has 0 aliphatic carbocycles. The van der Waals surface area contributed by atoms with E-state index >= 15 is 0 Å². The number of rotatable bonds is 2. The quantitative estimate of drug-likeness (QED) is 0.647. The van der Waals surface area contributed by atoms with E-state index in [0.717, 1.165) is 0 Å². The van der Waals surface area contributed by atoms with E-state index < -0.39 is 3.79 Å². The van der Waals surface area contributed by atoms with E-state index in [1.54, 1.807) is 0 Å². The summed E-state index contributed by atoms with van der Waals surface area (Å²) in [4.78, 5) is 0. The van der Waals surface area contributed by atoms with E-state index in [9.17, 15) is 0 Å². The van der Waals surface area contributed by atoms with Gasteiger partial charge in [0, 0.05) is 6.42 Å². The Labute approximate surface area is 107 Å². The summed E-state index contributed by atoms with van der Waals surface area (Å²) in [5, 5.41) is 0. The highest BCUT2D eigenvalue weighted by Crippen LogP contribution is 2.38. The van der Waals surface area contributed by atoms with Gasteiger partial charge in [-0.1, -0.05) is 59.9 Å². The van der Waals surface area contributed by atoms with E-state index in [2.05, 4.69) is 32.9 Å². The molecule has 0 saturated carbocycles. The number of aryl methyl sites for hydroxylation is 1.